The summed E-state index contributed by atoms with van der Waals surface area (Å²) in [6.07, 6.45) is 1.85. The van der Waals surface area contributed by atoms with Gasteiger partial charge >= 0.3 is 0 Å². The van der Waals surface area contributed by atoms with Crippen LogP contribution < -0.4 is 0 Å². The first-order valence-electron chi connectivity index (χ1n) is 3.52. The van der Waals surface area contributed by atoms with Crippen molar-refractivity contribution in [2.24, 2.45) is 0 Å². The van der Waals surface area contributed by atoms with Crippen molar-refractivity contribution in [3.8, 4) is 0 Å². The molecule has 0 bridgehead atoms. The summed E-state index contributed by atoms with van der Waals surface area (Å²) >= 11 is 0. The maximum atomic E-state index is 12.3. The second-order valence-corrected chi connectivity index (χ2v) is 1.55. The number of aryl methyl sites for hydroxylation is 1. The highest BCUT2D eigenvalue weighted by Gasteiger charge is 1.97. The van der Waals surface area contributed by atoms with E-state index in [4.69, 9.17) is 0 Å². The smallest absolute Gasteiger partial charge is 0.163 e. The summed E-state index contributed by atoms with van der Waals surface area (Å²) in [4.78, 5) is 0. The van der Waals surface area contributed by atoms with E-state index in [9.17, 15) is 4.39 Å². The highest BCUT2D eigenvalue weighted by molar-refractivity contribution is 5.00. The van der Waals surface area contributed by atoms with Gasteiger partial charge in [-0.05, 0) is 6.42 Å². The molecule has 0 radical (unpaired) electrons. The number of hydrogen-bond donors (Lipinski definition) is 1. The predicted octanol–water partition coefficient (Wildman–Crippen LogP) is 2.14. The molecule has 0 atom stereocenters. The molecular formula is C7H13FN2. The molecule has 58 valence electrons. The molecule has 2 nitrogen and oxygen atoms in total. The molecule has 0 unspecified atom stereocenters. The first kappa shape index (κ1) is 9.14. The number of rotatable bonds is 1. The van der Waals surface area contributed by atoms with Gasteiger partial charge in [0.15, 0.2) is 5.82 Å². The van der Waals surface area contributed by atoms with E-state index in [0.29, 0.717) is 12.1 Å². The van der Waals surface area contributed by atoms with Crippen LogP contribution in [0.1, 0.15) is 26.5 Å². The second-order valence-electron chi connectivity index (χ2n) is 1.55. The molecule has 0 spiro atoms. The maximum Gasteiger partial charge on any atom is 0.163 e. The molecule has 0 aliphatic heterocycles. The number of aromatic nitrogens is 2. The number of halogens is 1. The van der Waals surface area contributed by atoms with Gasteiger partial charge in [0.1, 0.15) is 0 Å². The van der Waals surface area contributed by atoms with Crippen molar-refractivity contribution in [3.63, 3.8) is 0 Å². The quantitative estimate of drug-likeness (QED) is 0.642. The molecule has 3 heteroatoms. The second kappa shape index (κ2) is 4.97. The Labute approximate surface area is 60.5 Å². The third-order valence-electron chi connectivity index (χ3n) is 1.02. The molecule has 0 saturated heterocycles. The number of hydrogen-bond acceptors (Lipinski definition) is 1. The van der Waals surface area contributed by atoms with Crippen molar-refractivity contribution in [1.82, 2.24) is 10.2 Å². The molecule has 0 aromatic carbocycles. The zero-order valence-electron chi connectivity index (χ0n) is 6.61. The van der Waals surface area contributed by atoms with Crippen molar-refractivity contribution in [1.29, 1.82) is 0 Å². The first-order chi connectivity index (χ1) is 4.84. The van der Waals surface area contributed by atoms with Gasteiger partial charge in [-0.1, -0.05) is 20.8 Å². The van der Waals surface area contributed by atoms with E-state index >= 15 is 0 Å². The van der Waals surface area contributed by atoms with Crippen LogP contribution in [0.5, 0.6) is 0 Å². The molecule has 1 aromatic heterocycles. The summed E-state index contributed by atoms with van der Waals surface area (Å²) in [7, 11) is 0. The largest absolute Gasteiger partial charge is 0.280 e. The Hall–Kier alpha value is -0.860. The van der Waals surface area contributed by atoms with E-state index in [1.807, 2.05) is 20.8 Å². The Morgan fingerprint density at radius 2 is 2.20 bits per heavy atom. The maximum absolute atomic E-state index is 12.3. The van der Waals surface area contributed by atoms with Crippen LogP contribution in [0.4, 0.5) is 4.39 Å². The van der Waals surface area contributed by atoms with E-state index < -0.39 is 0 Å². The van der Waals surface area contributed by atoms with Crippen LogP contribution >= 0.6 is 0 Å². The predicted molar refractivity (Wildman–Crippen MR) is 39.3 cm³/mol. The number of nitrogens with zero attached hydrogens (tertiary/aromatic N) is 1. The third-order valence-corrected chi connectivity index (χ3v) is 1.02. The van der Waals surface area contributed by atoms with Crippen LogP contribution in [0.15, 0.2) is 6.20 Å². The zero-order chi connectivity index (χ0) is 7.98. The molecule has 10 heavy (non-hydrogen) atoms. The zero-order valence-corrected chi connectivity index (χ0v) is 6.61. The molecule has 0 amide bonds. The molecule has 0 fully saturated rings. The summed E-state index contributed by atoms with van der Waals surface area (Å²) in [5, 5.41) is 6.02. The molecule has 0 aliphatic rings. The lowest BCUT2D eigenvalue weighted by atomic mass is 10.3. The van der Waals surface area contributed by atoms with Crippen molar-refractivity contribution >= 4 is 0 Å². The highest BCUT2D eigenvalue weighted by Crippen LogP contribution is 1.99. The van der Waals surface area contributed by atoms with Crippen LogP contribution in [0.25, 0.3) is 0 Å². The first-order valence-corrected chi connectivity index (χ1v) is 3.52. The molecule has 0 saturated carbocycles. The van der Waals surface area contributed by atoms with Gasteiger partial charge in [-0.2, -0.15) is 5.10 Å². The molecule has 1 heterocycles. The van der Waals surface area contributed by atoms with E-state index in [0.717, 1.165) is 0 Å². The Balaban J connectivity index is 0.000000371. The average Bonchev–Trinajstić information content (AvgIpc) is 2.39. The van der Waals surface area contributed by atoms with Crippen LogP contribution in [0, 0.1) is 5.82 Å². The fourth-order valence-electron chi connectivity index (χ4n) is 0.546. The molecule has 1 rings (SSSR count). The van der Waals surface area contributed by atoms with Crippen LogP contribution in [0.3, 0.4) is 0 Å². The van der Waals surface area contributed by atoms with Gasteiger partial charge in [-0.3, -0.25) is 5.10 Å². The van der Waals surface area contributed by atoms with Gasteiger partial charge in [0.25, 0.3) is 0 Å². The fraction of sp³-hybridized carbons (Fsp3) is 0.571. The van der Waals surface area contributed by atoms with Gasteiger partial charge < -0.3 is 0 Å². The Bertz CT molecular complexity index is 172. The number of aromatic amines is 1. The summed E-state index contributed by atoms with van der Waals surface area (Å²) in [5.74, 6) is -0.243. The van der Waals surface area contributed by atoms with E-state index in [1.54, 1.807) is 0 Å². The highest BCUT2D eigenvalue weighted by atomic mass is 19.1. The minimum Gasteiger partial charge on any atom is -0.280 e. The normalized spacial score (nSPS) is 8.40. The van der Waals surface area contributed by atoms with Crippen molar-refractivity contribution in [3.05, 3.63) is 17.7 Å². The summed E-state index contributed by atoms with van der Waals surface area (Å²) in [6, 6.07) is 0. The lowest BCUT2D eigenvalue weighted by molar-refractivity contribution is 0.612. The van der Waals surface area contributed by atoms with Crippen LogP contribution in [-0.4, -0.2) is 10.2 Å². The molecule has 1 aromatic rings. The van der Waals surface area contributed by atoms with Gasteiger partial charge in [-0.15, -0.1) is 0 Å². The Morgan fingerprint density at radius 3 is 2.40 bits per heavy atom. The Morgan fingerprint density at radius 1 is 1.60 bits per heavy atom. The summed E-state index contributed by atoms with van der Waals surface area (Å²) in [6.45, 7) is 5.87. The van der Waals surface area contributed by atoms with E-state index in [1.165, 1.54) is 6.20 Å². The van der Waals surface area contributed by atoms with E-state index in [-0.39, 0.29) is 5.82 Å². The minimum atomic E-state index is -0.243. The van der Waals surface area contributed by atoms with Gasteiger partial charge in [0.05, 0.1) is 11.9 Å². The number of H-pyrrole nitrogens is 1. The molecule has 1 N–H and O–H groups in total. The summed E-state index contributed by atoms with van der Waals surface area (Å²) < 4.78 is 12.3. The lowest BCUT2D eigenvalue weighted by Gasteiger charge is -1.83. The third kappa shape index (κ3) is 2.17. The standard InChI is InChI=1S/C5H7FN2.C2H6/c1-2-5-4(6)3-7-8-5;1-2/h3H,2H2,1H3,(H,7,8);1-2H3. The van der Waals surface area contributed by atoms with Crippen molar-refractivity contribution in [2.45, 2.75) is 27.2 Å². The average molecular weight is 144 g/mol. The number of nitrogens with one attached hydrogen (secondary N) is 1. The van der Waals surface area contributed by atoms with Crippen molar-refractivity contribution < 1.29 is 4.39 Å². The van der Waals surface area contributed by atoms with Crippen LogP contribution in [-0.2, 0) is 6.42 Å². The van der Waals surface area contributed by atoms with Crippen molar-refractivity contribution in [2.75, 3.05) is 0 Å². The summed E-state index contributed by atoms with van der Waals surface area (Å²) in [5.41, 5.74) is 0.574. The van der Waals surface area contributed by atoms with Gasteiger partial charge in [0.2, 0.25) is 0 Å². The van der Waals surface area contributed by atoms with Gasteiger partial charge in [0, 0.05) is 0 Å². The topological polar surface area (TPSA) is 28.7 Å². The fourth-order valence-corrected chi connectivity index (χ4v) is 0.546. The Kier molecular flexibility index (Phi) is 4.54. The lowest BCUT2D eigenvalue weighted by Crippen LogP contribution is -1.81. The molecular weight excluding hydrogens is 131 g/mol. The van der Waals surface area contributed by atoms with Gasteiger partial charge in [-0.25, -0.2) is 4.39 Å². The molecule has 0 aliphatic carbocycles. The van der Waals surface area contributed by atoms with Crippen LogP contribution in [0.2, 0.25) is 0 Å². The van der Waals surface area contributed by atoms with E-state index in [2.05, 4.69) is 10.2 Å². The minimum absolute atomic E-state index is 0.243. The SMILES string of the molecule is CC.CCc1[nH]ncc1F. The monoisotopic (exact) mass is 144 g/mol.